The highest BCUT2D eigenvalue weighted by Crippen LogP contribution is 2.34. The molecule has 0 saturated carbocycles. The molecular weight excluding hydrogens is 430 g/mol. The van der Waals surface area contributed by atoms with Crippen molar-refractivity contribution in [1.82, 2.24) is 0 Å². The van der Waals surface area contributed by atoms with Gasteiger partial charge in [0.05, 0.1) is 5.60 Å². The fraction of sp³-hybridized carbons (Fsp3) is 1.00. The van der Waals surface area contributed by atoms with Crippen molar-refractivity contribution in [3.05, 3.63) is 0 Å². The Morgan fingerprint density at radius 3 is 1.15 bits per heavy atom. The molecule has 0 aromatic carbocycles. The summed E-state index contributed by atoms with van der Waals surface area (Å²) in [6, 6.07) is 0. The van der Waals surface area contributed by atoms with E-state index in [0.717, 1.165) is 0 Å². The van der Waals surface area contributed by atoms with Gasteiger partial charge in [0.2, 0.25) is 0 Å². The molecule has 0 aliphatic rings. The second kappa shape index (κ2) is 25.3. The van der Waals surface area contributed by atoms with Crippen molar-refractivity contribution in [3.8, 4) is 0 Å². The number of halogens is 1. The van der Waals surface area contributed by atoms with Crippen LogP contribution in [-0.2, 0) is 9.47 Å². The van der Waals surface area contributed by atoms with E-state index in [-0.39, 0.29) is 30.5 Å². The highest BCUT2D eigenvalue weighted by molar-refractivity contribution is 5.85. The summed E-state index contributed by atoms with van der Waals surface area (Å²) in [6.07, 6.45) is 27.1. The van der Waals surface area contributed by atoms with Crippen molar-refractivity contribution < 1.29 is 9.47 Å². The summed E-state index contributed by atoms with van der Waals surface area (Å²) < 4.78 is 12.6. The molecule has 0 rings (SSSR count). The molecule has 0 amide bonds. The molecule has 0 aromatic heterocycles. The van der Waals surface area contributed by atoms with Gasteiger partial charge in [0, 0.05) is 0 Å². The predicted octanol–water partition coefficient (Wildman–Crippen LogP) is 10.1. The molecule has 0 aliphatic heterocycles. The number of ether oxygens (including phenoxy) is 2. The molecule has 0 aliphatic carbocycles. The van der Waals surface area contributed by atoms with Gasteiger partial charge >= 0.3 is 0 Å². The molecule has 4 heteroatoms. The highest BCUT2D eigenvalue weighted by Gasteiger charge is 2.32. The number of unbranched alkanes of at least 4 members (excludes halogenated alkanes) is 15. The summed E-state index contributed by atoms with van der Waals surface area (Å²) in [7, 11) is 0. The maximum atomic E-state index is 6.73. The second-order valence-electron chi connectivity index (χ2n) is 10.3. The van der Waals surface area contributed by atoms with E-state index in [4.69, 9.17) is 15.2 Å². The Bertz CT molecular complexity index is 338. The van der Waals surface area contributed by atoms with Gasteiger partial charge in [-0.15, -0.1) is 12.4 Å². The van der Waals surface area contributed by atoms with Crippen LogP contribution in [0.25, 0.3) is 0 Å². The molecule has 202 valence electrons. The lowest BCUT2D eigenvalue weighted by molar-refractivity contribution is -0.224. The highest BCUT2D eigenvalue weighted by atomic mass is 35.5. The average Bonchev–Trinajstić information content (AvgIpc) is 2.75. The van der Waals surface area contributed by atoms with Crippen LogP contribution >= 0.6 is 12.4 Å². The summed E-state index contributed by atoms with van der Waals surface area (Å²) in [6.45, 7) is 10.8. The van der Waals surface area contributed by atoms with E-state index in [1.54, 1.807) is 0 Å². The first-order valence-corrected chi connectivity index (χ1v) is 14.6. The SMILES string of the molecule is CCCCCCCCC(CCCCCCCC)(CCCCCCCC)OC(C)OC(C)N.Cl. The van der Waals surface area contributed by atoms with Crippen molar-refractivity contribution in [2.45, 2.75) is 188 Å². The van der Waals surface area contributed by atoms with Gasteiger partial charge in [-0.3, -0.25) is 0 Å². The molecule has 0 aromatic rings. The minimum Gasteiger partial charge on any atom is -0.346 e. The zero-order valence-electron chi connectivity index (χ0n) is 23.3. The normalized spacial score (nSPS) is 13.6. The van der Waals surface area contributed by atoms with E-state index in [1.165, 1.54) is 135 Å². The first kappa shape index (κ1) is 35.3. The van der Waals surface area contributed by atoms with Gasteiger partial charge in [0.25, 0.3) is 0 Å². The summed E-state index contributed by atoms with van der Waals surface area (Å²) in [5.41, 5.74) is 5.88. The lowest BCUT2D eigenvalue weighted by Crippen LogP contribution is -2.39. The van der Waals surface area contributed by atoms with Crippen LogP contribution in [0.4, 0.5) is 0 Å². The lowest BCUT2D eigenvalue weighted by atomic mass is 9.84. The number of nitrogens with two attached hydrogens (primary N) is 1. The largest absolute Gasteiger partial charge is 0.346 e. The molecule has 33 heavy (non-hydrogen) atoms. The lowest BCUT2D eigenvalue weighted by Gasteiger charge is -2.37. The zero-order valence-corrected chi connectivity index (χ0v) is 24.1. The molecular formula is C29H62ClNO2. The molecule has 0 spiro atoms. The number of hydrogen-bond donors (Lipinski definition) is 1. The Morgan fingerprint density at radius 1 is 0.545 bits per heavy atom. The van der Waals surface area contributed by atoms with E-state index in [1.807, 2.05) is 13.8 Å². The maximum Gasteiger partial charge on any atom is 0.157 e. The van der Waals surface area contributed by atoms with Gasteiger partial charge < -0.3 is 15.2 Å². The van der Waals surface area contributed by atoms with Crippen molar-refractivity contribution in [1.29, 1.82) is 0 Å². The zero-order chi connectivity index (χ0) is 23.9. The van der Waals surface area contributed by atoms with Crippen LogP contribution in [0.3, 0.4) is 0 Å². The topological polar surface area (TPSA) is 44.5 Å². The van der Waals surface area contributed by atoms with Crippen LogP contribution < -0.4 is 5.73 Å². The second-order valence-corrected chi connectivity index (χ2v) is 10.3. The fourth-order valence-electron chi connectivity index (χ4n) is 4.92. The van der Waals surface area contributed by atoms with E-state index in [0.29, 0.717) is 0 Å². The third-order valence-electron chi connectivity index (χ3n) is 6.78. The van der Waals surface area contributed by atoms with Crippen LogP contribution in [0.1, 0.15) is 169 Å². The Kier molecular flexibility index (Phi) is 27.1. The van der Waals surface area contributed by atoms with Crippen LogP contribution in [0.2, 0.25) is 0 Å². The van der Waals surface area contributed by atoms with E-state index < -0.39 is 0 Å². The van der Waals surface area contributed by atoms with Gasteiger partial charge in [-0.1, -0.05) is 136 Å². The first-order valence-electron chi connectivity index (χ1n) is 14.6. The van der Waals surface area contributed by atoms with Crippen molar-refractivity contribution >= 4 is 12.4 Å². The van der Waals surface area contributed by atoms with Crippen LogP contribution in [0.5, 0.6) is 0 Å². The molecule has 2 atom stereocenters. The van der Waals surface area contributed by atoms with Crippen LogP contribution in [0, 0.1) is 0 Å². The number of hydrogen-bond acceptors (Lipinski definition) is 3. The average molecular weight is 492 g/mol. The summed E-state index contributed by atoms with van der Waals surface area (Å²) in [5.74, 6) is 0. The molecule has 2 unspecified atom stereocenters. The Morgan fingerprint density at radius 2 is 0.848 bits per heavy atom. The third-order valence-corrected chi connectivity index (χ3v) is 6.78. The molecule has 3 nitrogen and oxygen atoms in total. The van der Waals surface area contributed by atoms with Crippen molar-refractivity contribution in [3.63, 3.8) is 0 Å². The smallest absolute Gasteiger partial charge is 0.157 e. The Hall–Kier alpha value is 0.170. The fourth-order valence-corrected chi connectivity index (χ4v) is 4.92. The van der Waals surface area contributed by atoms with Gasteiger partial charge in [-0.05, 0) is 33.1 Å². The monoisotopic (exact) mass is 491 g/mol. The molecule has 0 heterocycles. The quantitative estimate of drug-likeness (QED) is 0.102. The van der Waals surface area contributed by atoms with Gasteiger partial charge in [-0.2, -0.15) is 0 Å². The molecule has 2 N–H and O–H groups in total. The summed E-state index contributed by atoms with van der Waals surface area (Å²) >= 11 is 0. The first-order chi connectivity index (χ1) is 15.5. The minimum absolute atomic E-state index is 0. The van der Waals surface area contributed by atoms with Crippen LogP contribution in [0.15, 0.2) is 0 Å². The van der Waals surface area contributed by atoms with E-state index in [9.17, 15) is 0 Å². The summed E-state index contributed by atoms with van der Waals surface area (Å²) in [4.78, 5) is 0. The molecule has 0 radical (unpaired) electrons. The molecule has 0 fully saturated rings. The van der Waals surface area contributed by atoms with E-state index in [2.05, 4.69) is 20.8 Å². The Balaban J connectivity index is 0. The van der Waals surface area contributed by atoms with Crippen molar-refractivity contribution in [2.24, 2.45) is 5.73 Å². The third kappa shape index (κ3) is 22.4. The molecule has 0 saturated heterocycles. The standard InChI is InChI=1S/C29H61NO2.ClH/c1-6-9-12-15-18-21-24-29(32-28(5)31-27(4)30,25-22-19-16-13-10-7-2)26-23-20-17-14-11-8-3;/h27-28H,6-26,30H2,1-5H3;1H. The molecule has 0 bridgehead atoms. The maximum absolute atomic E-state index is 6.73. The predicted molar refractivity (Wildman–Crippen MR) is 149 cm³/mol. The Labute approximate surface area is 215 Å². The van der Waals surface area contributed by atoms with Crippen LogP contribution in [-0.4, -0.2) is 18.1 Å². The van der Waals surface area contributed by atoms with E-state index >= 15 is 0 Å². The summed E-state index contributed by atoms with van der Waals surface area (Å²) in [5, 5.41) is 0. The van der Waals surface area contributed by atoms with Gasteiger partial charge in [0.1, 0.15) is 6.23 Å². The van der Waals surface area contributed by atoms with Gasteiger partial charge in [-0.25, -0.2) is 0 Å². The van der Waals surface area contributed by atoms with Gasteiger partial charge in [0.15, 0.2) is 6.29 Å². The van der Waals surface area contributed by atoms with Crippen molar-refractivity contribution in [2.75, 3.05) is 0 Å². The minimum atomic E-state index is -0.278. The number of rotatable bonds is 25.